The van der Waals surface area contributed by atoms with Crippen molar-refractivity contribution in [2.24, 2.45) is 0 Å². The summed E-state index contributed by atoms with van der Waals surface area (Å²) in [6, 6.07) is 15.1. The van der Waals surface area contributed by atoms with Crippen LogP contribution in [0.1, 0.15) is 41.9 Å². The summed E-state index contributed by atoms with van der Waals surface area (Å²) in [5, 5.41) is 2.76. The lowest BCUT2D eigenvalue weighted by Crippen LogP contribution is -2.15. The minimum atomic E-state index is -0.303. The Morgan fingerprint density at radius 2 is 1.83 bits per heavy atom. The van der Waals surface area contributed by atoms with Crippen molar-refractivity contribution in [2.75, 3.05) is 5.32 Å². The number of benzene rings is 2. The number of rotatable bonds is 8. The molecule has 3 aromatic rings. The smallest absolute Gasteiger partial charge is 0.257 e. The van der Waals surface area contributed by atoms with Gasteiger partial charge in [0.2, 0.25) is 0 Å². The molecule has 0 radical (unpaired) electrons. The Labute approximate surface area is 170 Å². The van der Waals surface area contributed by atoms with E-state index in [0.717, 1.165) is 17.7 Å². The molecular formula is C23H25N3O3. The summed E-state index contributed by atoms with van der Waals surface area (Å²) >= 11 is 0. The molecule has 3 rings (SSSR count). The topological polar surface area (TPSA) is 73.3 Å². The van der Waals surface area contributed by atoms with E-state index in [1.165, 1.54) is 6.20 Å². The Morgan fingerprint density at radius 3 is 2.52 bits per heavy atom. The second-order valence-corrected chi connectivity index (χ2v) is 6.80. The summed E-state index contributed by atoms with van der Waals surface area (Å²) in [6.45, 7) is 6.27. The SMILES string of the molecule is CC[C@H](C)Oc1cc(OCc2ccccc2)cc(C(=O)Nc2cnc(C)cn2)c1. The summed E-state index contributed by atoms with van der Waals surface area (Å²) < 4.78 is 11.8. The Bertz CT molecular complexity index is 943. The Kier molecular flexibility index (Phi) is 6.79. The van der Waals surface area contributed by atoms with Crippen LogP contribution in [-0.2, 0) is 6.61 Å². The van der Waals surface area contributed by atoms with Gasteiger partial charge < -0.3 is 14.8 Å². The maximum absolute atomic E-state index is 12.7. The number of aryl methyl sites for hydroxylation is 1. The second kappa shape index (κ2) is 9.68. The Hall–Kier alpha value is -3.41. The molecule has 0 bridgehead atoms. The zero-order valence-corrected chi connectivity index (χ0v) is 16.9. The van der Waals surface area contributed by atoms with E-state index in [-0.39, 0.29) is 12.0 Å². The summed E-state index contributed by atoms with van der Waals surface area (Å²) in [7, 11) is 0. The van der Waals surface area contributed by atoms with E-state index in [2.05, 4.69) is 15.3 Å². The predicted octanol–water partition coefficient (Wildman–Crippen LogP) is 4.79. The van der Waals surface area contributed by atoms with Gasteiger partial charge in [-0.3, -0.25) is 9.78 Å². The third-order valence-electron chi connectivity index (χ3n) is 4.33. The molecular weight excluding hydrogens is 366 g/mol. The van der Waals surface area contributed by atoms with Crippen LogP contribution in [0.4, 0.5) is 5.82 Å². The molecule has 150 valence electrons. The summed E-state index contributed by atoms with van der Waals surface area (Å²) in [4.78, 5) is 21.1. The van der Waals surface area contributed by atoms with Crippen LogP contribution < -0.4 is 14.8 Å². The van der Waals surface area contributed by atoms with E-state index in [1.54, 1.807) is 24.4 Å². The number of ether oxygens (including phenoxy) is 2. The van der Waals surface area contributed by atoms with Crippen molar-refractivity contribution in [2.45, 2.75) is 39.9 Å². The lowest BCUT2D eigenvalue weighted by molar-refractivity contribution is 0.102. The number of hydrogen-bond donors (Lipinski definition) is 1. The first-order chi connectivity index (χ1) is 14.0. The van der Waals surface area contributed by atoms with Crippen molar-refractivity contribution < 1.29 is 14.3 Å². The number of carbonyl (C=O) groups is 1. The molecule has 0 aliphatic heterocycles. The largest absolute Gasteiger partial charge is 0.491 e. The van der Waals surface area contributed by atoms with Crippen molar-refractivity contribution in [1.82, 2.24) is 9.97 Å². The lowest BCUT2D eigenvalue weighted by atomic mass is 10.1. The van der Waals surface area contributed by atoms with E-state index in [1.807, 2.05) is 51.1 Å². The number of aromatic nitrogens is 2. The van der Waals surface area contributed by atoms with Crippen molar-refractivity contribution >= 4 is 11.7 Å². The first kappa shape index (κ1) is 20.3. The van der Waals surface area contributed by atoms with Crippen LogP contribution >= 0.6 is 0 Å². The summed E-state index contributed by atoms with van der Waals surface area (Å²) in [5.41, 5.74) is 2.25. The molecule has 6 heteroatoms. The molecule has 1 N–H and O–H groups in total. The average molecular weight is 391 g/mol. The first-order valence-corrected chi connectivity index (χ1v) is 9.62. The molecule has 0 unspecified atom stereocenters. The molecule has 0 saturated carbocycles. The van der Waals surface area contributed by atoms with E-state index in [0.29, 0.717) is 29.5 Å². The number of carbonyl (C=O) groups excluding carboxylic acids is 1. The van der Waals surface area contributed by atoms with Crippen LogP contribution in [0, 0.1) is 6.92 Å². The number of nitrogens with zero attached hydrogens (tertiary/aromatic N) is 2. The third-order valence-corrected chi connectivity index (χ3v) is 4.33. The van der Waals surface area contributed by atoms with E-state index in [4.69, 9.17) is 9.47 Å². The molecule has 29 heavy (non-hydrogen) atoms. The fourth-order valence-electron chi connectivity index (χ4n) is 2.56. The summed E-state index contributed by atoms with van der Waals surface area (Å²) in [6.07, 6.45) is 4.01. The average Bonchev–Trinajstić information content (AvgIpc) is 2.74. The molecule has 0 saturated heterocycles. The van der Waals surface area contributed by atoms with Gasteiger partial charge in [-0.1, -0.05) is 37.3 Å². The molecule has 2 aromatic carbocycles. The van der Waals surface area contributed by atoms with Gasteiger partial charge in [-0.15, -0.1) is 0 Å². The molecule has 1 heterocycles. The minimum absolute atomic E-state index is 0.0262. The molecule has 0 aliphatic rings. The van der Waals surface area contributed by atoms with Crippen LogP contribution in [-0.4, -0.2) is 22.0 Å². The first-order valence-electron chi connectivity index (χ1n) is 9.62. The molecule has 0 fully saturated rings. The number of hydrogen-bond acceptors (Lipinski definition) is 5. The molecule has 0 aliphatic carbocycles. The maximum Gasteiger partial charge on any atom is 0.257 e. The van der Waals surface area contributed by atoms with Gasteiger partial charge in [0.1, 0.15) is 18.1 Å². The van der Waals surface area contributed by atoms with Gasteiger partial charge in [0.15, 0.2) is 5.82 Å². The molecule has 1 atom stereocenters. The van der Waals surface area contributed by atoms with Gasteiger partial charge in [0.25, 0.3) is 5.91 Å². The van der Waals surface area contributed by atoms with Crippen molar-refractivity contribution in [3.8, 4) is 11.5 Å². The number of anilines is 1. The number of amides is 1. The quantitative estimate of drug-likeness (QED) is 0.597. The number of nitrogens with one attached hydrogen (secondary N) is 1. The van der Waals surface area contributed by atoms with Gasteiger partial charge in [-0.05, 0) is 38.0 Å². The highest BCUT2D eigenvalue weighted by Crippen LogP contribution is 2.26. The zero-order chi connectivity index (χ0) is 20.6. The molecule has 1 amide bonds. The third kappa shape index (κ3) is 6.04. The predicted molar refractivity (Wildman–Crippen MR) is 112 cm³/mol. The fraction of sp³-hybridized carbons (Fsp3) is 0.261. The maximum atomic E-state index is 12.7. The van der Waals surface area contributed by atoms with Crippen LogP contribution in [0.15, 0.2) is 60.9 Å². The zero-order valence-electron chi connectivity index (χ0n) is 16.9. The van der Waals surface area contributed by atoms with E-state index < -0.39 is 0 Å². The van der Waals surface area contributed by atoms with Crippen LogP contribution in [0.3, 0.4) is 0 Å². The van der Waals surface area contributed by atoms with E-state index in [9.17, 15) is 4.79 Å². The highest BCUT2D eigenvalue weighted by atomic mass is 16.5. The molecule has 6 nitrogen and oxygen atoms in total. The van der Waals surface area contributed by atoms with Gasteiger partial charge in [0.05, 0.1) is 24.2 Å². The van der Waals surface area contributed by atoms with Crippen LogP contribution in [0.5, 0.6) is 11.5 Å². The van der Waals surface area contributed by atoms with E-state index >= 15 is 0 Å². The Balaban J connectivity index is 1.80. The van der Waals surface area contributed by atoms with Gasteiger partial charge >= 0.3 is 0 Å². The van der Waals surface area contributed by atoms with Crippen molar-refractivity contribution in [3.05, 3.63) is 77.7 Å². The highest BCUT2D eigenvalue weighted by molar-refractivity contribution is 6.04. The molecule has 0 spiro atoms. The second-order valence-electron chi connectivity index (χ2n) is 6.80. The van der Waals surface area contributed by atoms with Gasteiger partial charge in [0, 0.05) is 11.6 Å². The summed E-state index contributed by atoms with van der Waals surface area (Å²) in [5.74, 6) is 1.24. The van der Waals surface area contributed by atoms with Crippen LogP contribution in [0.2, 0.25) is 0 Å². The van der Waals surface area contributed by atoms with Crippen molar-refractivity contribution in [1.29, 1.82) is 0 Å². The fourth-order valence-corrected chi connectivity index (χ4v) is 2.56. The lowest BCUT2D eigenvalue weighted by Gasteiger charge is -2.16. The van der Waals surface area contributed by atoms with Gasteiger partial charge in [-0.2, -0.15) is 0 Å². The van der Waals surface area contributed by atoms with Crippen molar-refractivity contribution in [3.63, 3.8) is 0 Å². The monoisotopic (exact) mass is 391 g/mol. The van der Waals surface area contributed by atoms with Crippen LogP contribution in [0.25, 0.3) is 0 Å². The highest BCUT2D eigenvalue weighted by Gasteiger charge is 2.13. The standard InChI is InChI=1S/C23H25N3O3/c1-4-17(3)29-21-11-19(23(27)26-22-14-24-16(2)13-25-22)10-20(12-21)28-15-18-8-6-5-7-9-18/h5-14,17H,4,15H2,1-3H3,(H,25,26,27)/t17-/m0/s1. The normalized spacial score (nSPS) is 11.6. The minimum Gasteiger partial charge on any atom is -0.491 e. The van der Waals surface area contributed by atoms with Gasteiger partial charge in [-0.25, -0.2) is 4.98 Å². The Morgan fingerprint density at radius 1 is 1.07 bits per heavy atom. The molecule has 1 aromatic heterocycles.